The van der Waals surface area contributed by atoms with E-state index in [0.717, 1.165) is 41.2 Å². The van der Waals surface area contributed by atoms with E-state index in [9.17, 15) is 0 Å². The molecule has 2 nitrogen and oxygen atoms in total. The van der Waals surface area contributed by atoms with Crippen molar-refractivity contribution in [3.63, 3.8) is 0 Å². The van der Waals surface area contributed by atoms with Gasteiger partial charge in [0.15, 0.2) is 0 Å². The first-order valence-electron chi connectivity index (χ1n) is 13.7. The van der Waals surface area contributed by atoms with Gasteiger partial charge in [-0.1, -0.05) is 55.2 Å². The van der Waals surface area contributed by atoms with Gasteiger partial charge >= 0.3 is 0 Å². The highest BCUT2D eigenvalue weighted by atomic mass is 31.0. The van der Waals surface area contributed by atoms with Crippen LogP contribution in [0.15, 0.2) is 67.0 Å². The third kappa shape index (κ3) is 3.80. The van der Waals surface area contributed by atoms with Crippen molar-refractivity contribution in [1.29, 1.82) is 0 Å². The smallest absolute Gasteiger partial charge is 0.0935 e. The molecule has 0 radical (unpaired) electrons. The Labute approximate surface area is 222 Å². The van der Waals surface area contributed by atoms with E-state index in [-0.39, 0.29) is 5.41 Å². The van der Waals surface area contributed by atoms with Crippen LogP contribution in [0.5, 0.6) is 0 Å². The molecule has 4 bridgehead atoms. The quantitative estimate of drug-likeness (QED) is 0.260. The highest BCUT2D eigenvalue weighted by Crippen LogP contribution is 2.64. The van der Waals surface area contributed by atoms with Gasteiger partial charge in [-0.05, 0) is 97.3 Å². The molecule has 2 aromatic heterocycles. The molecule has 2 heterocycles. The zero-order chi connectivity index (χ0) is 25.1. The van der Waals surface area contributed by atoms with Crippen LogP contribution in [0.25, 0.3) is 0 Å². The molecule has 2 atom stereocenters. The van der Waals surface area contributed by atoms with Crippen LogP contribution in [0.1, 0.15) is 54.6 Å². The summed E-state index contributed by atoms with van der Waals surface area (Å²) in [5.74, 6) is 3.47. The maximum absolute atomic E-state index is 4.97. The Kier molecular flexibility index (Phi) is 6.30. The van der Waals surface area contributed by atoms with Crippen LogP contribution in [0, 0.1) is 23.7 Å². The molecule has 0 N–H and O–H groups in total. The second-order valence-corrected chi connectivity index (χ2v) is 19.1. The van der Waals surface area contributed by atoms with Crippen molar-refractivity contribution in [2.45, 2.75) is 62.3 Å². The number of rotatable bonds is 6. The molecule has 4 aliphatic rings. The Balaban J connectivity index is 1.65. The van der Waals surface area contributed by atoms with Gasteiger partial charge in [-0.2, -0.15) is 0 Å². The summed E-state index contributed by atoms with van der Waals surface area (Å²) in [4.78, 5) is 9.93. The van der Waals surface area contributed by atoms with Crippen LogP contribution >= 0.6 is 18.5 Å². The molecular weight excluding hydrogens is 490 g/mol. The lowest BCUT2D eigenvalue weighted by Gasteiger charge is -2.62. The van der Waals surface area contributed by atoms with Crippen molar-refractivity contribution < 1.29 is 0 Å². The monoisotopic (exact) mass is 530 g/mol. The number of hydrogen-bond acceptors (Lipinski definition) is 2. The van der Waals surface area contributed by atoms with Gasteiger partial charge in [-0.3, -0.25) is 9.97 Å². The third-order valence-electron chi connectivity index (χ3n) is 9.88. The summed E-state index contributed by atoms with van der Waals surface area (Å²) >= 11 is 0. The van der Waals surface area contributed by atoms with Gasteiger partial charge in [0.05, 0.1) is 24.6 Å². The summed E-state index contributed by atoms with van der Waals surface area (Å²) in [6.07, 6.45) is 12.1. The molecule has 3 aromatic rings. The molecule has 1 aromatic carbocycles. The average Bonchev–Trinajstić information content (AvgIpc) is 2.89. The van der Waals surface area contributed by atoms with E-state index in [1.54, 1.807) is 5.56 Å². The number of pyridine rings is 2. The van der Waals surface area contributed by atoms with Crippen LogP contribution in [0.4, 0.5) is 0 Å². The molecule has 7 rings (SSSR count). The van der Waals surface area contributed by atoms with E-state index >= 15 is 0 Å². The summed E-state index contributed by atoms with van der Waals surface area (Å²) < 4.78 is 0. The first-order valence-corrected chi connectivity index (χ1v) is 18.6. The topological polar surface area (TPSA) is 25.8 Å². The lowest BCUT2D eigenvalue weighted by molar-refractivity contribution is -0.0504. The minimum absolute atomic E-state index is 0.219. The van der Waals surface area contributed by atoms with Crippen LogP contribution in [0.2, 0.25) is 19.6 Å². The zero-order valence-electron chi connectivity index (χ0n) is 22.0. The molecule has 0 aliphatic heterocycles. The fraction of sp³-hybridized carbons (Fsp3) is 0.484. The highest BCUT2D eigenvalue weighted by molar-refractivity contribution is 7.19. The molecule has 0 spiro atoms. The minimum Gasteiger partial charge on any atom is -0.260 e. The minimum atomic E-state index is -1.54. The molecular formula is C31H40N2P2Si. The van der Waals surface area contributed by atoms with Crippen molar-refractivity contribution in [1.82, 2.24) is 9.97 Å². The first-order chi connectivity index (χ1) is 17.3. The van der Waals surface area contributed by atoms with E-state index < -0.39 is 13.2 Å². The molecule has 36 heavy (non-hydrogen) atoms. The van der Waals surface area contributed by atoms with Crippen LogP contribution in [-0.4, -0.2) is 24.2 Å². The molecule has 0 amide bonds. The van der Waals surface area contributed by atoms with Crippen molar-refractivity contribution in [2.24, 2.45) is 23.7 Å². The molecule has 5 heteroatoms. The molecule has 2 unspecified atom stereocenters. The largest absolute Gasteiger partial charge is 0.260 e. The van der Waals surface area contributed by atoms with Crippen molar-refractivity contribution >= 4 is 31.7 Å². The van der Waals surface area contributed by atoms with Gasteiger partial charge in [0.25, 0.3) is 0 Å². The van der Waals surface area contributed by atoms with Gasteiger partial charge in [-0.25, -0.2) is 0 Å². The van der Waals surface area contributed by atoms with Gasteiger partial charge in [0, 0.05) is 17.8 Å². The normalized spacial score (nSPS) is 29.5. The summed E-state index contributed by atoms with van der Waals surface area (Å²) in [6.45, 7) is 7.39. The van der Waals surface area contributed by atoms with E-state index in [4.69, 9.17) is 9.97 Å². The fourth-order valence-corrected chi connectivity index (χ4v) is 10.9. The van der Waals surface area contributed by atoms with E-state index in [2.05, 4.69) is 80.6 Å². The maximum Gasteiger partial charge on any atom is 0.0935 e. The lowest BCUT2D eigenvalue weighted by Crippen LogP contribution is -2.57. The van der Waals surface area contributed by atoms with E-state index in [0.29, 0.717) is 0 Å². The number of nitrogens with zero attached hydrogens (tertiary/aromatic N) is 2. The van der Waals surface area contributed by atoms with Gasteiger partial charge in [0.2, 0.25) is 0 Å². The predicted molar refractivity (Wildman–Crippen MR) is 161 cm³/mol. The summed E-state index contributed by atoms with van der Waals surface area (Å²) in [6, 6.07) is 20.3. The number of benzene rings is 1. The predicted octanol–water partition coefficient (Wildman–Crippen LogP) is 6.76. The maximum atomic E-state index is 4.97. The number of aromatic nitrogens is 2. The Hall–Kier alpha value is -1.40. The summed E-state index contributed by atoms with van der Waals surface area (Å²) in [5.41, 5.74) is 5.33. The summed E-state index contributed by atoms with van der Waals surface area (Å²) in [7, 11) is 4.94. The second-order valence-electron chi connectivity index (χ2n) is 12.8. The fourth-order valence-electron chi connectivity index (χ4n) is 8.25. The number of hydrogen-bond donors (Lipinski definition) is 0. The molecule has 4 saturated carbocycles. The van der Waals surface area contributed by atoms with Crippen LogP contribution < -0.4 is 5.19 Å². The van der Waals surface area contributed by atoms with Crippen molar-refractivity contribution in [2.75, 3.05) is 6.16 Å². The Morgan fingerprint density at radius 1 is 0.833 bits per heavy atom. The molecule has 4 fully saturated rings. The van der Waals surface area contributed by atoms with Crippen LogP contribution in [0.3, 0.4) is 0 Å². The Morgan fingerprint density at radius 3 is 1.83 bits per heavy atom. The third-order valence-corrected chi connectivity index (χ3v) is 13.5. The van der Waals surface area contributed by atoms with Gasteiger partial charge < -0.3 is 0 Å². The van der Waals surface area contributed by atoms with E-state index in [1.807, 2.05) is 24.5 Å². The zero-order valence-corrected chi connectivity index (χ0v) is 25.3. The van der Waals surface area contributed by atoms with Crippen molar-refractivity contribution in [3.05, 3.63) is 89.5 Å². The highest BCUT2D eigenvalue weighted by Gasteiger charge is 2.58. The van der Waals surface area contributed by atoms with Crippen LogP contribution in [-0.2, 0) is 10.6 Å². The standard InChI is InChI=1S/C31H40N2P2Si/c1-36(2,3)25-10-11-26(30(20-34)23-15-21-14-22(17-23)18-24(30)16-21)27(19-25)31(35,28-8-4-6-12-32-28)29-9-5-7-13-33-29/h4-13,19,21-24H,14-18,20,34-35H2,1-3H3. The average molecular weight is 531 g/mol. The Bertz CT molecular complexity index is 1170. The summed E-state index contributed by atoms with van der Waals surface area (Å²) in [5, 5.41) is 1.03. The first kappa shape index (κ1) is 24.9. The molecule has 188 valence electrons. The Morgan fingerprint density at radius 2 is 1.39 bits per heavy atom. The van der Waals surface area contributed by atoms with Gasteiger partial charge in [0.1, 0.15) is 0 Å². The second kappa shape index (κ2) is 9.11. The molecule has 0 saturated heterocycles. The SMILES string of the molecule is C[Si](C)(C)c1ccc(C2(CP)C3CC4CC(C3)CC2C4)c(C(P)(c2ccccn2)c2ccccn2)c1. The van der Waals surface area contributed by atoms with Crippen molar-refractivity contribution in [3.8, 4) is 0 Å². The molecule has 4 aliphatic carbocycles. The van der Waals surface area contributed by atoms with Gasteiger partial charge in [-0.15, -0.1) is 18.5 Å². The van der Waals surface area contributed by atoms with E-state index in [1.165, 1.54) is 42.9 Å². The lowest BCUT2D eigenvalue weighted by atomic mass is 9.44.